The number of ether oxygens (including phenoxy) is 2. The van der Waals surface area contributed by atoms with Crippen LogP contribution in [0.4, 0.5) is 0 Å². The Hall–Kier alpha value is -3.19. The van der Waals surface area contributed by atoms with E-state index in [1.807, 2.05) is 24.3 Å². The third-order valence-corrected chi connectivity index (χ3v) is 4.32. The van der Waals surface area contributed by atoms with Gasteiger partial charge < -0.3 is 14.5 Å². The molecular weight excluding hydrogens is 370 g/mol. The molecule has 140 valence electrons. The first-order valence-electron chi connectivity index (χ1n) is 8.09. The van der Waals surface area contributed by atoms with Crippen molar-refractivity contribution in [3.05, 3.63) is 58.7 Å². The molecule has 0 aliphatic heterocycles. The predicted molar refractivity (Wildman–Crippen MR) is 102 cm³/mol. The Morgan fingerprint density at radius 1 is 1.11 bits per heavy atom. The second kappa shape index (κ2) is 8.01. The van der Waals surface area contributed by atoms with Gasteiger partial charge in [-0.2, -0.15) is 0 Å². The molecule has 8 heteroatoms. The van der Waals surface area contributed by atoms with Crippen LogP contribution in [0.15, 0.2) is 42.6 Å². The first kappa shape index (κ1) is 18.6. The molecule has 0 bridgehead atoms. The molecule has 3 aromatic rings. The van der Waals surface area contributed by atoms with E-state index in [1.165, 1.54) is 26.4 Å². The highest BCUT2D eigenvalue weighted by Gasteiger charge is 2.16. The fraction of sp³-hybridized carbons (Fsp3) is 0.158. The van der Waals surface area contributed by atoms with Gasteiger partial charge in [-0.3, -0.25) is 20.4 Å². The average molecular weight is 388 g/mol. The van der Waals surface area contributed by atoms with Crippen molar-refractivity contribution in [3.63, 3.8) is 0 Å². The smallest absolute Gasteiger partial charge is 0.269 e. The maximum Gasteiger partial charge on any atom is 0.269 e. The quantitative estimate of drug-likeness (QED) is 0.587. The summed E-state index contributed by atoms with van der Waals surface area (Å²) in [5.41, 5.74) is 6.79. The van der Waals surface area contributed by atoms with Gasteiger partial charge in [0.2, 0.25) is 5.91 Å². The van der Waals surface area contributed by atoms with Gasteiger partial charge in [0.25, 0.3) is 5.91 Å². The van der Waals surface area contributed by atoms with Crippen LogP contribution in [0, 0.1) is 0 Å². The summed E-state index contributed by atoms with van der Waals surface area (Å²) in [5.74, 6) is -0.218. The highest BCUT2D eigenvalue weighted by molar-refractivity contribution is 6.32. The van der Waals surface area contributed by atoms with E-state index >= 15 is 0 Å². The molecular formula is C19H18ClN3O4. The molecule has 0 saturated heterocycles. The zero-order chi connectivity index (χ0) is 19.4. The number of aromatic amines is 1. The van der Waals surface area contributed by atoms with Gasteiger partial charge in [0.05, 0.1) is 25.7 Å². The number of H-pyrrole nitrogens is 1. The molecule has 3 rings (SSSR count). The Labute approximate surface area is 160 Å². The minimum absolute atomic E-state index is 0.122. The normalized spacial score (nSPS) is 10.5. The van der Waals surface area contributed by atoms with Gasteiger partial charge in [0.1, 0.15) is 0 Å². The summed E-state index contributed by atoms with van der Waals surface area (Å²) in [7, 11) is 2.90. The molecule has 1 heterocycles. The monoisotopic (exact) mass is 387 g/mol. The Bertz CT molecular complexity index is 1000. The molecule has 2 amide bonds. The number of para-hydroxylation sites is 1. The van der Waals surface area contributed by atoms with Crippen molar-refractivity contribution in [2.45, 2.75) is 6.42 Å². The summed E-state index contributed by atoms with van der Waals surface area (Å²) >= 11 is 6.09. The van der Waals surface area contributed by atoms with Crippen molar-refractivity contribution in [2.24, 2.45) is 0 Å². The fourth-order valence-electron chi connectivity index (χ4n) is 2.74. The zero-order valence-electron chi connectivity index (χ0n) is 14.8. The number of methoxy groups -OCH3 is 2. The Kier molecular flexibility index (Phi) is 5.52. The molecule has 0 radical (unpaired) electrons. The van der Waals surface area contributed by atoms with E-state index in [9.17, 15) is 9.59 Å². The van der Waals surface area contributed by atoms with Crippen LogP contribution >= 0.6 is 11.6 Å². The maximum atomic E-state index is 12.3. The van der Waals surface area contributed by atoms with Gasteiger partial charge in [-0.15, -0.1) is 0 Å². The van der Waals surface area contributed by atoms with Crippen molar-refractivity contribution in [1.29, 1.82) is 0 Å². The lowest BCUT2D eigenvalue weighted by Crippen LogP contribution is -2.42. The number of rotatable bonds is 5. The summed E-state index contributed by atoms with van der Waals surface area (Å²) in [6.07, 6.45) is 1.90. The maximum absolute atomic E-state index is 12.3. The number of nitrogens with one attached hydrogen (secondary N) is 3. The van der Waals surface area contributed by atoms with Crippen LogP contribution in [-0.4, -0.2) is 31.0 Å². The van der Waals surface area contributed by atoms with Crippen LogP contribution in [0.25, 0.3) is 10.9 Å². The number of halogens is 1. The standard InChI is InChI=1S/C19H18ClN3O4/c1-26-16-8-11(7-14(20)18(16)27-2)19(25)23-22-17(24)9-12-10-21-15-6-4-3-5-13(12)15/h3-8,10,21H,9H2,1-2H3,(H,22,24)(H,23,25). The lowest BCUT2D eigenvalue weighted by Gasteiger charge is -2.12. The first-order valence-corrected chi connectivity index (χ1v) is 8.47. The molecule has 0 unspecified atom stereocenters. The van der Waals surface area contributed by atoms with Crippen LogP contribution in [0.5, 0.6) is 11.5 Å². The van der Waals surface area contributed by atoms with E-state index in [-0.39, 0.29) is 22.9 Å². The SMILES string of the molecule is COc1cc(C(=O)NNC(=O)Cc2c[nH]c3ccccc23)cc(Cl)c1OC. The molecule has 0 aliphatic carbocycles. The highest BCUT2D eigenvalue weighted by Crippen LogP contribution is 2.35. The summed E-state index contributed by atoms with van der Waals surface area (Å²) in [6.45, 7) is 0. The van der Waals surface area contributed by atoms with Crippen LogP contribution in [-0.2, 0) is 11.2 Å². The summed E-state index contributed by atoms with van der Waals surface area (Å²) in [6, 6.07) is 10.6. The van der Waals surface area contributed by atoms with Crippen LogP contribution in [0.1, 0.15) is 15.9 Å². The molecule has 0 spiro atoms. The third kappa shape index (κ3) is 3.98. The largest absolute Gasteiger partial charge is 0.493 e. The molecule has 3 N–H and O–H groups in total. The van der Waals surface area contributed by atoms with Gasteiger partial charge in [-0.05, 0) is 23.8 Å². The molecule has 2 aromatic carbocycles. The van der Waals surface area contributed by atoms with Crippen LogP contribution in [0.2, 0.25) is 5.02 Å². The molecule has 0 aliphatic rings. The van der Waals surface area contributed by atoms with Crippen LogP contribution in [0.3, 0.4) is 0 Å². The second-order valence-electron chi connectivity index (χ2n) is 5.73. The predicted octanol–water partition coefficient (Wildman–Crippen LogP) is 2.84. The van der Waals surface area contributed by atoms with E-state index < -0.39 is 5.91 Å². The van der Waals surface area contributed by atoms with Crippen molar-refractivity contribution < 1.29 is 19.1 Å². The van der Waals surface area contributed by atoms with E-state index in [0.29, 0.717) is 11.5 Å². The van der Waals surface area contributed by atoms with Crippen molar-refractivity contribution >= 4 is 34.3 Å². The minimum atomic E-state index is -0.523. The Morgan fingerprint density at radius 2 is 1.89 bits per heavy atom. The number of aromatic nitrogens is 1. The lowest BCUT2D eigenvalue weighted by molar-refractivity contribution is -0.121. The molecule has 27 heavy (non-hydrogen) atoms. The Morgan fingerprint density at radius 3 is 2.63 bits per heavy atom. The van der Waals surface area contributed by atoms with Gasteiger partial charge >= 0.3 is 0 Å². The topological polar surface area (TPSA) is 92.5 Å². The minimum Gasteiger partial charge on any atom is -0.493 e. The van der Waals surface area contributed by atoms with Crippen molar-refractivity contribution in [2.75, 3.05) is 14.2 Å². The summed E-state index contributed by atoms with van der Waals surface area (Å²) in [5, 5.41) is 1.19. The average Bonchev–Trinajstić information content (AvgIpc) is 3.08. The number of carbonyl (C=O) groups excluding carboxylic acids is 2. The molecule has 7 nitrogen and oxygen atoms in total. The second-order valence-corrected chi connectivity index (χ2v) is 6.14. The summed E-state index contributed by atoms with van der Waals surface area (Å²) in [4.78, 5) is 27.6. The highest BCUT2D eigenvalue weighted by atomic mass is 35.5. The lowest BCUT2D eigenvalue weighted by atomic mass is 10.1. The number of hydrogen-bond acceptors (Lipinski definition) is 4. The number of fused-ring (bicyclic) bond motifs is 1. The van der Waals surface area contributed by atoms with E-state index in [0.717, 1.165) is 16.5 Å². The number of carbonyl (C=O) groups is 2. The number of benzene rings is 2. The molecule has 0 atom stereocenters. The Balaban J connectivity index is 1.65. The van der Waals surface area contributed by atoms with E-state index in [4.69, 9.17) is 21.1 Å². The molecule has 0 fully saturated rings. The van der Waals surface area contributed by atoms with Crippen molar-refractivity contribution in [1.82, 2.24) is 15.8 Å². The number of amides is 2. The van der Waals surface area contributed by atoms with Gasteiger partial charge in [0.15, 0.2) is 11.5 Å². The van der Waals surface area contributed by atoms with Gasteiger partial charge in [-0.25, -0.2) is 0 Å². The van der Waals surface area contributed by atoms with Gasteiger partial charge in [-0.1, -0.05) is 29.8 Å². The zero-order valence-corrected chi connectivity index (χ0v) is 15.5. The number of hydrazine groups is 1. The van der Waals surface area contributed by atoms with Gasteiger partial charge in [0, 0.05) is 22.7 Å². The molecule has 0 saturated carbocycles. The molecule has 1 aromatic heterocycles. The first-order chi connectivity index (χ1) is 13.0. The fourth-order valence-corrected chi connectivity index (χ4v) is 3.03. The van der Waals surface area contributed by atoms with Crippen LogP contribution < -0.4 is 20.3 Å². The number of hydrogen-bond donors (Lipinski definition) is 3. The third-order valence-electron chi connectivity index (χ3n) is 4.04. The van der Waals surface area contributed by atoms with E-state index in [1.54, 1.807) is 6.20 Å². The van der Waals surface area contributed by atoms with Crippen molar-refractivity contribution in [3.8, 4) is 11.5 Å². The summed E-state index contributed by atoms with van der Waals surface area (Å²) < 4.78 is 10.3. The van der Waals surface area contributed by atoms with E-state index in [2.05, 4.69) is 15.8 Å².